The largest absolute Gasteiger partial charge is 0.495 e. The minimum atomic E-state index is -0.354. The van der Waals surface area contributed by atoms with E-state index >= 15 is 0 Å². The summed E-state index contributed by atoms with van der Waals surface area (Å²) in [6.45, 7) is 8.22. The second kappa shape index (κ2) is 3.96. The first-order chi connectivity index (χ1) is 8.78. The molecule has 19 heavy (non-hydrogen) atoms. The number of aromatic nitrogens is 1. The Morgan fingerprint density at radius 3 is 2.26 bits per heavy atom. The fourth-order valence-corrected chi connectivity index (χ4v) is 2.30. The lowest BCUT2D eigenvalue weighted by atomic mass is 9.79. The third-order valence-corrected chi connectivity index (χ3v) is 4.41. The smallest absolute Gasteiger partial charge is 0.399 e. The van der Waals surface area contributed by atoms with Crippen molar-refractivity contribution in [3.63, 3.8) is 0 Å². The summed E-state index contributed by atoms with van der Waals surface area (Å²) in [7, 11) is -0.354. The first kappa shape index (κ1) is 12.9. The zero-order valence-electron chi connectivity index (χ0n) is 12.1. The number of nitrogens with two attached hydrogens (primary N) is 1. The van der Waals surface area contributed by atoms with Gasteiger partial charge in [-0.2, -0.15) is 0 Å². The van der Waals surface area contributed by atoms with Gasteiger partial charge in [-0.15, -0.1) is 0 Å². The van der Waals surface area contributed by atoms with Crippen molar-refractivity contribution in [2.45, 2.75) is 57.7 Å². The highest BCUT2D eigenvalue weighted by Crippen LogP contribution is 2.40. The van der Waals surface area contributed by atoms with Gasteiger partial charge in [0.05, 0.1) is 11.2 Å². The van der Waals surface area contributed by atoms with Gasteiger partial charge in [0.25, 0.3) is 0 Å². The first-order valence-electron chi connectivity index (χ1n) is 6.91. The number of hydrogen-bond acceptors (Lipinski definition) is 4. The van der Waals surface area contributed by atoms with Crippen molar-refractivity contribution in [2.75, 3.05) is 5.73 Å². The predicted molar refractivity (Wildman–Crippen MR) is 76.3 cm³/mol. The molecule has 0 amide bonds. The molecule has 1 aromatic heterocycles. The van der Waals surface area contributed by atoms with Crippen molar-refractivity contribution in [3.8, 4) is 0 Å². The Labute approximate surface area is 114 Å². The number of anilines is 1. The van der Waals surface area contributed by atoms with Crippen molar-refractivity contribution in [1.82, 2.24) is 4.98 Å². The summed E-state index contributed by atoms with van der Waals surface area (Å²) in [5.41, 5.74) is 7.31. The number of pyridine rings is 1. The molecule has 1 aliphatic heterocycles. The summed E-state index contributed by atoms with van der Waals surface area (Å²) >= 11 is 0. The molecule has 2 N–H and O–H groups in total. The summed E-state index contributed by atoms with van der Waals surface area (Å²) in [4.78, 5) is 4.41. The summed E-state index contributed by atoms with van der Waals surface area (Å²) in [5, 5.41) is 0. The zero-order chi connectivity index (χ0) is 13.8. The fourth-order valence-electron chi connectivity index (χ4n) is 2.30. The summed E-state index contributed by atoms with van der Waals surface area (Å²) < 4.78 is 12.1. The van der Waals surface area contributed by atoms with Gasteiger partial charge >= 0.3 is 7.12 Å². The molecular weight excluding hydrogens is 239 g/mol. The quantitative estimate of drug-likeness (QED) is 0.824. The highest BCUT2D eigenvalue weighted by Gasteiger charge is 2.51. The van der Waals surface area contributed by atoms with E-state index in [1.165, 1.54) is 12.8 Å². The summed E-state index contributed by atoms with van der Waals surface area (Å²) in [6, 6.07) is 3.93. The van der Waals surface area contributed by atoms with Crippen molar-refractivity contribution in [1.29, 1.82) is 0 Å². The van der Waals surface area contributed by atoms with Crippen LogP contribution in [0.4, 0.5) is 5.82 Å². The van der Waals surface area contributed by atoms with E-state index in [0.717, 1.165) is 11.2 Å². The molecule has 1 aliphatic carbocycles. The van der Waals surface area contributed by atoms with E-state index in [2.05, 4.69) is 38.7 Å². The SMILES string of the molecule is CC1(C)OB(c2cc(N)nc(C3CC3)c2)OC1(C)C. The Balaban J connectivity index is 1.91. The molecule has 0 unspecified atom stereocenters. The Bertz CT molecular complexity index is 496. The molecule has 5 heteroatoms. The van der Waals surface area contributed by atoms with E-state index in [0.29, 0.717) is 11.7 Å². The maximum absolute atomic E-state index is 6.05. The first-order valence-corrected chi connectivity index (χ1v) is 6.91. The number of nitrogen functional groups attached to an aromatic ring is 1. The molecule has 2 aliphatic rings. The Morgan fingerprint density at radius 2 is 1.74 bits per heavy atom. The monoisotopic (exact) mass is 260 g/mol. The Morgan fingerprint density at radius 1 is 1.16 bits per heavy atom. The predicted octanol–water partition coefficient (Wildman–Crippen LogP) is 1.84. The van der Waals surface area contributed by atoms with E-state index in [9.17, 15) is 0 Å². The second-order valence-electron chi connectivity index (χ2n) is 6.61. The third-order valence-electron chi connectivity index (χ3n) is 4.41. The standard InChI is InChI=1S/C14H21BN2O2/c1-13(2)14(3,4)19-15(18-13)10-7-11(9-5-6-9)17-12(16)8-10/h7-9H,5-6H2,1-4H3,(H2,16,17). The van der Waals surface area contributed by atoms with E-state index < -0.39 is 0 Å². The van der Waals surface area contributed by atoms with Gasteiger partial charge in [-0.05, 0) is 58.1 Å². The molecule has 1 saturated carbocycles. The molecule has 1 saturated heterocycles. The molecule has 2 fully saturated rings. The molecular formula is C14H21BN2O2. The minimum absolute atomic E-state index is 0.324. The van der Waals surface area contributed by atoms with Crippen LogP contribution in [0.1, 0.15) is 52.1 Å². The average Bonchev–Trinajstić information content (AvgIpc) is 3.06. The number of nitrogens with zero attached hydrogens (tertiary/aromatic N) is 1. The fraction of sp³-hybridized carbons (Fsp3) is 0.643. The molecule has 3 rings (SSSR count). The van der Waals surface area contributed by atoms with Crippen molar-refractivity contribution in [2.24, 2.45) is 0 Å². The molecule has 4 nitrogen and oxygen atoms in total. The highest BCUT2D eigenvalue weighted by atomic mass is 16.7. The van der Waals surface area contributed by atoms with Crippen LogP contribution in [0.15, 0.2) is 12.1 Å². The van der Waals surface area contributed by atoms with Crippen molar-refractivity contribution >= 4 is 18.4 Å². The lowest BCUT2D eigenvalue weighted by molar-refractivity contribution is 0.00578. The molecule has 0 atom stereocenters. The van der Waals surface area contributed by atoms with Crippen LogP contribution in [0, 0.1) is 0 Å². The minimum Gasteiger partial charge on any atom is -0.399 e. The number of rotatable bonds is 2. The lowest BCUT2D eigenvalue weighted by Crippen LogP contribution is -2.41. The van der Waals surface area contributed by atoms with Crippen molar-refractivity contribution < 1.29 is 9.31 Å². The van der Waals surface area contributed by atoms with Gasteiger partial charge in [0.1, 0.15) is 5.82 Å². The lowest BCUT2D eigenvalue weighted by Gasteiger charge is -2.32. The van der Waals surface area contributed by atoms with Gasteiger partial charge in [-0.1, -0.05) is 0 Å². The van der Waals surface area contributed by atoms with Gasteiger partial charge in [-0.3, -0.25) is 0 Å². The topological polar surface area (TPSA) is 57.4 Å². The summed E-state index contributed by atoms with van der Waals surface area (Å²) in [5.74, 6) is 1.12. The normalized spacial score (nSPS) is 24.7. The van der Waals surface area contributed by atoms with Crippen LogP contribution in [0.2, 0.25) is 0 Å². The van der Waals surface area contributed by atoms with Crippen LogP contribution >= 0.6 is 0 Å². The van der Waals surface area contributed by atoms with Gasteiger partial charge in [0, 0.05) is 11.6 Å². The second-order valence-corrected chi connectivity index (χ2v) is 6.61. The highest BCUT2D eigenvalue weighted by molar-refractivity contribution is 6.62. The third kappa shape index (κ3) is 2.25. The van der Waals surface area contributed by atoms with Gasteiger partial charge in [0.2, 0.25) is 0 Å². The molecule has 102 valence electrons. The summed E-state index contributed by atoms with van der Waals surface area (Å²) in [6.07, 6.45) is 2.42. The Kier molecular flexibility index (Phi) is 2.70. The van der Waals surface area contributed by atoms with E-state index in [-0.39, 0.29) is 18.3 Å². The van der Waals surface area contributed by atoms with E-state index in [4.69, 9.17) is 15.0 Å². The molecule has 0 spiro atoms. The van der Waals surface area contributed by atoms with E-state index in [1.54, 1.807) is 0 Å². The van der Waals surface area contributed by atoms with Crippen LogP contribution in [-0.4, -0.2) is 23.3 Å². The van der Waals surface area contributed by atoms with Gasteiger partial charge in [0.15, 0.2) is 0 Å². The van der Waals surface area contributed by atoms with Crippen molar-refractivity contribution in [3.05, 3.63) is 17.8 Å². The van der Waals surface area contributed by atoms with Crippen LogP contribution in [0.3, 0.4) is 0 Å². The van der Waals surface area contributed by atoms with Crippen LogP contribution < -0.4 is 11.2 Å². The molecule has 0 aromatic carbocycles. The van der Waals surface area contributed by atoms with Gasteiger partial charge < -0.3 is 15.0 Å². The molecule has 1 aromatic rings. The van der Waals surface area contributed by atoms with E-state index in [1.807, 2.05) is 6.07 Å². The zero-order valence-corrected chi connectivity index (χ0v) is 12.1. The maximum Gasteiger partial charge on any atom is 0.495 e. The van der Waals surface area contributed by atoms with Gasteiger partial charge in [-0.25, -0.2) is 4.98 Å². The molecule has 0 bridgehead atoms. The maximum atomic E-state index is 6.05. The van der Waals surface area contributed by atoms with Crippen LogP contribution in [-0.2, 0) is 9.31 Å². The van der Waals surface area contributed by atoms with Crippen LogP contribution in [0.5, 0.6) is 0 Å². The average molecular weight is 260 g/mol. The Hall–Kier alpha value is -1.07. The molecule has 2 heterocycles. The number of hydrogen-bond donors (Lipinski definition) is 1. The molecule has 0 radical (unpaired) electrons. The van der Waals surface area contributed by atoms with Crippen LogP contribution in [0.25, 0.3) is 0 Å².